The van der Waals surface area contributed by atoms with Crippen molar-refractivity contribution in [3.63, 3.8) is 0 Å². The molecule has 0 aromatic heterocycles. The average Bonchev–Trinajstić information content (AvgIpc) is 3.41. The number of aliphatic hydroxyl groups excluding tert-OH is 8. The van der Waals surface area contributed by atoms with Gasteiger partial charge in [0.25, 0.3) is 0 Å². The van der Waals surface area contributed by atoms with Gasteiger partial charge in [-0.1, -0.05) is 195 Å². The van der Waals surface area contributed by atoms with Crippen molar-refractivity contribution < 1.29 is 64.6 Å². The third kappa shape index (κ3) is 31.8. The summed E-state index contributed by atoms with van der Waals surface area (Å²) in [6, 6.07) is -0.936. The molecular weight excluding hydrogens is 955 g/mol. The Kier molecular flexibility index (Phi) is 41.6. The molecule has 0 radical (unpaired) electrons. The second kappa shape index (κ2) is 45.9. The minimum Gasteiger partial charge on any atom is -0.394 e. The molecule has 0 aromatic rings. The summed E-state index contributed by atoms with van der Waals surface area (Å²) >= 11 is 0. The normalized spacial score (nSPS) is 25.8. The van der Waals surface area contributed by atoms with E-state index in [0.717, 1.165) is 83.5 Å². The summed E-state index contributed by atoms with van der Waals surface area (Å²) in [5.74, 6) is -0.259. The van der Waals surface area contributed by atoms with Gasteiger partial charge in [-0.15, -0.1) is 0 Å². The summed E-state index contributed by atoms with van der Waals surface area (Å²) in [7, 11) is 0. The zero-order chi connectivity index (χ0) is 54.6. The third-order valence-electron chi connectivity index (χ3n) is 13.5. The molecule has 2 heterocycles. The van der Waals surface area contributed by atoms with E-state index in [4.69, 9.17) is 18.9 Å². The fourth-order valence-electron chi connectivity index (χ4n) is 8.84. The highest BCUT2D eigenvalue weighted by atomic mass is 16.7. The van der Waals surface area contributed by atoms with Crippen LogP contribution in [-0.4, -0.2) is 140 Å². The van der Waals surface area contributed by atoms with E-state index >= 15 is 0 Å². The molecule has 0 aliphatic carbocycles. The molecule has 14 heteroatoms. The molecule has 2 aliphatic rings. The Morgan fingerprint density at radius 3 is 1.47 bits per heavy atom. The Morgan fingerprint density at radius 2 is 0.933 bits per heavy atom. The zero-order valence-corrected chi connectivity index (χ0v) is 46.0. The van der Waals surface area contributed by atoms with Crippen molar-refractivity contribution >= 4 is 5.91 Å². The number of ether oxygens (including phenoxy) is 4. The van der Waals surface area contributed by atoms with Crippen molar-refractivity contribution in [2.75, 3.05) is 19.8 Å². The standard InChI is InChI=1S/C61H103NO13/c1-3-5-7-9-11-13-15-16-17-18-19-20-21-22-23-24-25-26-27-28-29-30-31-32-33-34-35-37-39-41-43-45-53(66)62-49(50(65)44-42-40-38-36-14-12-10-8-6-4-2)48-72-60-58(71)56(69)59(52(47-64)74-60)75-61-57(70)55(68)54(67)51(46-63)73-61/h5,7,11,13-14,16-17,19-20,22-23,25-26,36,42,44,49-52,54-61,63-65,67-71H,3-4,6,8-10,12,15,18,21,24,27-35,37-41,43,45-48H2,1-2H3,(H,62,66)/b7-5-,13-11-,17-16-,20-19-,23-22-,26-25-,36-14+,44-42+. The van der Waals surface area contributed by atoms with Crippen molar-refractivity contribution in [3.05, 3.63) is 97.2 Å². The average molecular weight is 1060 g/mol. The molecule has 1 amide bonds. The number of unbranched alkanes of at least 4 members (excludes halogenated alkanes) is 17. The van der Waals surface area contributed by atoms with Gasteiger partial charge < -0.3 is 65.1 Å². The minimum atomic E-state index is -1.79. The Labute approximate surface area is 452 Å². The summed E-state index contributed by atoms with van der Waals surface area (Å²) in [6.45, 7) is 2.60. The minimum absolute atomic E-state index is 0.259. The number of rotatable bonds is 44. The van der Waals surface area contributed by atoms with Crippen LogP contribution in [0.3, 0.4) is 0 Å². The number of hydrogen-bond donors (Lipinski definition) is 9. The summed E-state index contributed by atoms with van der Waals surface area (Å²) in [4.78, 5) is 13.2. The Morgan fingerprint density at radius 1 is 0.493 bits per heavy atom. The quantitative estimate of drug-likeness (QED) is 0.0205. The summed E-state index contributed by atoms with van der Waals surface area (Å²) in [6.07, 6.45) is 46.1. The highest BCUT2D eigenvalue weighted by Gasteiger charge is 2.51. The van der Waals surface area contributed by atoms with Gasteiger partial charge in [-0.25, -0.2) is 0 Å². The van der Waals surface area contributed by atoms with Gasteiger partial charge in [0.05, 0.1) is 32.0 Å². The number of amides is 1. The SMILES string of the molecule is CC/C=C\C/C=C\C/C=C\C/C=C\C/C=C\C/C=C\CCCCCCCCCCCCCCC(=O)NC(COC1OC(CO)C(OC2OC(CO)C(O)C(O)C2O)C(O)C1O)C(O)/C=C/CC/C=C/CCCCCC. The van der Waals surface area contributed by atoms with E-state index in [0.29, 0.717) is 12.8 Å². The van der Waals surface area contributed by atoms with Crippen LogP contribution in [0.15, 0.2) is 97.2 Å². The number of hydrogen-bond acceptors (Lipinski definition) is 13. The first-order valence-corrected chi connectivity index (χ1v) is 29.0. The molecule has 430 valence electrons. The maximum absolute atomic E-state index is 13.2. The Hall–Kier alpha value is -3.09. The second-order valence-corrected chi connectivity index (χ2v) is 20.0. The lowest BCUT2D eigenvalue weighted by atomic mass is 9.97. The zero-order valence-electron chi connectivity index (χ0n) is 46.0. The molecule has 12 unspecified atom stereocenters. The van der Waals surface area contributed by atoms with Crippen molar-refractivity contribution in [2.24, 2.45) is 0 Å². The lowest BCUT2D eigenvalue weighted by Gasteiger charge is -2.46. The molecule has 2 rings (SSSR count). The Bertz CT molecular complexity index is 1620. The van der Waals surface area contributed by atoms with Gasteiger partial charge in [0.15, 0.2) is 12.6 Å². The molecule has 12 atom stereocenters. The number of carbonyl (C=O) groups excluding carboxylic acids is 1. The summed E-state index contributed by atoms with van der Waals surface area (Å²) in [5.41, 5.74) is 0. The lowest BCUT2D eigenvalue weighted by molar-refractivity contribution is -0.359. The number of carbonyl (C=O) groups is 1. The smallest absolute Gasteiger partial charge is 0.220 e. The Balaban J connectivity index is 1.67. The fourth-order valence-corrected chi connectivity index (χ4v) is 8.84. The van der Waals surface area contributed by atoms with Crippen LogP contribution >= 0.6 is 0 Å². The van der Waals surface area contributed by atoms with Crippen LogP contribution in [0.2, 0.25) is 0 Å². The van der Waals surface area contributed by atoms with E-state index in [1.165, 1.54) is 70.6 Å². The van der Waals surface area contributed by atoms with E-state index < -0.39 is 86.8 Å². The molecule has 9 N–H and O–H groups in total. The van der Waals surface area contributed by atoms with Gasteiger partial charge in [0, 0.05) is 6.42 Å². The fraction of sp³-hybridized carbons (Fsp3) is 0.721. The van der Waals surface area contributed by atoms with Gasteiger partial charge >= 0.3 is 0 Å². The van der Waals surface area contributed by atoms with E-state index in [2.05, 4.69) is 104 Å². The molecule has 2 saturated heterocycles. The summed E-state index contributed by atoms with van der Waals surface area (Å²) < 4.78 is 22.7. The van der Waals surface area contributed by atoms with Crippen molar-refractivity contribution in [1.29, 1.82) is 0 Å². The van der Waals surface area contributed by atoms with Crippen LogP contribution in [0.4, 0.5) is 0 Å². The van der Waals surface area contributed by atoms with Crippen LogP contribution in [0, 0.1) is 0 Å². The van der Waals surface area contributed by atoms with Gasteiger partial charge in [0.2, 0.25) is 5.91 Å². The van der Waals surface area contributed by atoms with Crippen molar-refractivity contribution in [3.8, 4) is 0 Å². The van der Waals surface area contributed by atoms with Gasteiger partial charge in [-0.2, -0.15) is 0 Å². The number of allylic oxidation sites excluding steroid dienone is 15. The van der Waals surface area contributed by atoms with E-state index in [1.54, 1.807) is 6.08 Å². The molecule has 0 aromatic carbocycles. The second-order valence-electron chi connectivity index (χ2n) is 20.0. The largest absolute Gasteiger partial charge is 0.394 e. The first kappa shape index (κ1) is 68.0. The van der Waals surface area contributed by atoms with Crippen LogP contribution in [0.25, 0.3) is 0 Å². The monoisotopic (exact) mass is 1060 g/mol. The molecule has 0 saturated carbocycles. The van der Waals surface area contributed by atoms with E-state index in [1.807, 2.05) is 6.08 Å². The molecule has 14 nitrogen and oxygen atoms in total. The summed E-state index contributed by atoms with van der Waals surface area (Å²) in [5, 5.41) is 86.8. The highest BCUT2D eigenvalue weighted by molar-refractivity contribution is 5.76. The lowest BCUT2D eigenvalue weighted by Crippen LogP contribution is -2.65. The van der Waals surface area contributed by atoms with Crippen LogP contribution in [-0.2, 0) is 23.7 Å². The first-order valence-electron chi connectivity index (χ1n) is 29.0. The molecule has 2 aliphatic heterocycles. The van der Waals surface area contributed by atoms with E-state index in [9.17, 15) is 45.6 Å². The predicted octanol–water partition coefficient (Wildman–Crippen LogP) is 9.49. The van der Waals surface area contributed by atoms with Crippen LogP contribution in [0.1, 0.15) is 187 Å². The number of aliphatic hydroxyl groups is 8. The van der Waals surface area contributed by atoms with Gasteiger partial charge in [-0.05, 0) is 83.5 Å². The predicted molar refractivity (Wildman–Crippen MR) is 299 cm³/mol. The molecule has 0 bridgehead atoms. The molecule has 0 spiro atoms. The van der Waals surface area contributed by atoms with E-state index in [-0.39, 0.29) is 18.9 Å². The molecule has 75 heavy (non-hydrogen) atoms. The maximum Gasteiger partial charge on any atom is 0.220 e. The van der Waals surface area contributed by atoms with Crippen molar-refractivity contribution in [1.82, 2.24) is 5.32 Å². The molecular formula is C61H103NO13. The van der Waals surface area contributed by atoms with Gasteiger partial charge in [0.1, 0.15) is 48.8 Å². The van der Waals surface area contributed by atoms with Crippen LogP contribution in [0.5, 0.6) is 0 Å². The molecule has 2 fully saturated rings. The van der Waals surface area contributed by atoms with Crippen molar-refractivity contribution in [2.45, 2.75) is 261 Å². The highest BCUT2D eigenvalue weighted by Crippen LogP contribution is 2.30. The topological polar surface area (TPSA) is 228 Å². The number of nitrogens with one attached hydrogen (secondary N) is 1. The first-order chi connectivity index (χ1) is 36.6. The maximum atomic E-state index is 13.2. The third-order valence-corrected chi connectivity index (χ3v) is 13.5. The van der Waals surface area contributed by atoms with Gasteiger partial charge in [-0.3, -0.25) is 4.79 Å². The van der Waals surface area contributed by atoms with Crippen LogP contribution < -0.4 is 5.32 Å².